The number of rotatable bonds is 4. The van der Waals surface area contributed by atoms with E-state index in [2.05, 4.69) is 38.3 Å². The highest BCUT2D eigenvalue weighted by atomic mass is 32.1. The number of carbonyl (C=O) groups is 2. The van der Waals surface area contributed by atoms with Crippen LogP contribution in [0.15, 0.2) is 22.8 Å². The molecule has 0 saturated heterocycles. The predicted octanol–water partition coefficient (Wildman–Crippen LogP) is 3.93. The number of fused-ring (bicyclic) bond motifs is 1. The summed E-state index contributed by atoms with van der Waals surface area (Å²) in [5.41, 5.74) is 0.893. The molecule has 2 aromatic heterocycles. The summed E-state index contributed by atoms with van der Waals surface area (Å²) >= 11 is 1.41. The van der Waals surface area contributed by atoms with Gasteiger partial charge in [-0.1, -0.05) is 0 Å². The number of ether oxygens (including phenoxy) is 1. The van der Waals surface area contributed by atoms with Crippen LogP contribution in [0, 0.1) is 0 Å². The third kappa shape index (κ3) is 3.41. The zero-order valence-electron chi connectivity index (χ0n) is 15.7. The lowest BCUT2D eigenvalue weighted by molar-refractivity contribution is 0.0526. The van der Waals surface area contributed by atoms with Crippen LogP contribution in [0.1, 0.15) is 66.0 Å². The molecule has 0 radical (unpaired) electrons. The van der Waals surface area contributed by atoms with Crippen molar-refractivity contribution in [2.24, 2.45) is 0 Å². The van der Waals surface area contributed by atoms with E-state index in [4.69, 9.17) is 9.15 Å². The molecule has 0 atom stereocenters. The molecule has 0 fully saturated rings. The number of thiophene rings is 1. The maximum Gasteiger partial charge on any atom is 0.341 e. The summed E-state index contributed by atoms with van der Waals surface area (Å²) in [5.74, 6) is -0.596. The Hall–Kier alpha value is -2.12. The van der Waals surface area contributed by atoms with E-state index in [1.54, 1.807) is 19.1 Å². The number of nitrogens with one attached hydrogen (secondary N) is 2. The monoisotopic (exact) mass is 376 g/mol. The van der Waals surface area contributed by atoms with E-state index < -0.39 is 5.97 Å². The molecule has 0 unspecified atom stereocenters. The Morgan fingerprint density at radius 2 is 2.08 bits per heavy atom. The van der Waals surface area contributed by atoms with Crippen molar-refractivity contribution < 1.29 is 18.7 Å². The molecular formula is C19H24N2O4S. The Morgan fingerprint density at radius 1 is 1.35 bits per heavy atom. The van der Waals surface area contributed by atoms with Crippen molar-refractivity contribution in [3.63, 3.8) is 0 Å². The first kappa shape index (κ1) is 18.7. The molecule has 2 N–H and O–H groups in total. The number of hydrogen-bond acceptors (Lipinski definition) is 6. The Bertz CT molecular complexity index is 834. The van der Waals surface area contributed by atoms with Gasteiger partial charge >= 0.3 is 5.97 Å². The fourth-order valence-electron chi connectivity index (χ4n) is 3.61. The molecule has 0 spiro atoms. The molecular weight excluding hydrogens is 352 g/mol. The van der Waals surface area contributed by atoms with Crippen molar-refractivity contribution in [2.45, 2.75) is 52.1 Å². The summed E-state index contributed by atoms with van der Waals surface area (Å²) < 4.78 is 10.4. The number of anilines is 1. The van der Waals surface area contributed by atoms with E-state index >= 15 is 0 Å². The van der Waals surface area contributed by atoms with Gasteiger partial charge < -0.3 is 19.8 Å². The minimum Gasteiger partial charge on any atom is -0.462 e. The molecule has 0 aromatic carbocycles. The SMILES string of the molecule is CCOC(=O)c1c(NC(=O)c2ccco2)sc2c1CC(C)(C)NC2(C)C. The smallest absolute Gasteiger partial charge is 0.341 e. The van der Waals surface area contributed by atoms with Crippen molar-refractivity contribution in [1.29, 1.82) is 0 Å². The van der Waals surface area contributed by atoms with E-state index in [1.807, 2.05) is 0 Å². The molecule has 1 amide bonds. The van der Waals surface area contributed by atoms with Crippen molar-refractivity contribution in [2.75, 3.05) is 11.9 Å². The van der Waals surface area contributed by atoms with Crippen LogP contribution in [0.2, 0.25) is 0 Å². The first-order valence-electron chi connectivity index (χ1n) is 8.62. The molecule has 2 aromatic rings. The first-order chi connectivity index (χ1) is 12.1. The van der Waals surface area contributed by atoms with Gasteiger partial charge in [0.15, 0.2) is 5.76 Å². The van der Waals surface area contributed by atoms with Gasteiger partial charge in [-0.05, 0) is 58.7 Å². The maximum absolute atomic E-state index is 12.7. The third-order valence-corrected chi connectivity index (χ3v) is 5.77. The minimum atomic E-state index is -0.409. The molecule has 6 nitrogen and oxygen atoms in total. The molecule has 0 saturated carbocycles. The fourth-order valence-corrected chi connectivity index (χ4v) is 4.87. The second-order valence-electron chi connectivity index (χ2n) is 7.58. The van der Waals surface area contributed by atoms with Crippen LogP contribution in [0.4, 0.5) is 5.00 Å². The Labute approximate surface area is 156 Å². The lowest BCUT2D eigenvalue weighted by Gasteiger charge is -2.42. The van der Waals surface area contributed by atoms with Crippen LogP contribution in [-0.2, 0) is 16.7 Å². The summed E-state index contributed by atoms with van der Waals surface area (Å²) in [6.45, 7) is 10.4. The minimum absolute atomic E-state index is 0.179. The Morgan fingerprint density at radius 3 is 2.69 bits per heavy atom. The van der Waals surface area contributed by atoms with Crippen molar-refractivity contribution in [3.8, 4) is 0 Å². The van der Waals surface area contributed by atoms with E-state index in [0.29, 0.717) is 17.0 Å². The highest BCUT2D eigenvalue weighted by Crippen LogP contribution is 2.45. The zero-order valence-corrected chi connectivity index (χ0v) is 16.5. The van der Waals surface area contributed by atoms with Crippen molar-refractivity contribution in [3.05, 3.63) is 40.2 Å². The molecule has 1 aliphatic heterocycles. The van der Waals surface area contributed by atoms with Gasteiger partial charge in [0, 0.05) is 16.0 Å². The van der Waals surface area contributed by atoms with Crippen LogP contribution in [0.3, 0.4) is 0 Å². The van der Waals surface area contributed by atoms with E-state index in [1.165, 1.54) is 17.6 Å². The van der Waals surface area contributed by atoms with Gasteiger partial charge in [-0.25, -0.2) is 4.79 Å². The highest BCUT2D eigenvalue weighted by Gasteiger charge is 2.42. The number of amides is 1. The van der Waals surface area contributed by atoms with E-state index in [9.17, 15) is 9.59 Å². The first-order valence-corrected chi connectivity index (χ1v) is 9.44. The van der Waals surface area contributed by atoms with Crippen LogP contribution in [-0.4, -0.2) is 24.0 Å². The topological polar surface area (TPSA) is 80.6 Å². The largest absolute Gasteiger partial charge is 0.462 e. The quantitative estimate of drug-likeness (QED) is 0.790. The third-order valence-electron chi connectivity index (χ3n) is 4.30. The number of furan rings is 1. The molecule has 0 bridgehead atoms. The molecule has 3 rings (SSSR count). The molecule has 3 heterocycles. The maximum atomic E-state index is 12.7. The average Bonchev–Trinajstić information content (AvgIpc) is 3.13. The van der Waals surface area contributed by atoms with Gasteiger partial charge in [0.2, 0.25) is 0 Å². The summed E-state index contributed by atoms with van der Waals surface area (Å²) in [4.78, 5) is 26.2. The predicted molar refractivity (Wildman–Crippen MR) is 101 cm³/mol. The molecule has 0 aliphatic carbocycles. The van der Waals surface area contributed by atoms with Gasteiger partial charge in [0.1, 0.15) is 5.00 Å². The second kappa shape index (κ2) is 6.55. The van der Waals surface area contributed by atoms with Crippen molar-refractivity contribution in [1.82, 2.24) is 5.32 Å². The van der Waals surface area contributed by atoms with Gasteiger partial charge in [-0.2, -0.15) is 0 Å². The molecule has 26 heavy (non-hydrogen) atoms. The standard InChI is InChI=1S/C19H24N2O4S/c1-6-24-17(23)13-11-10-18(2,3)21-19(4,5)14(11)26-16(13)20-15(22)12-8-7-9-25-12/h7-9,21H,6,10H2,1-5H3,(H,20,22). The van der Waals surface area contributed by atoms with E-state index in [-0.39, 0.29) is 29.4 Å². The van der Waals surface area contributed by atoms with Crippen LogP contribution < -0.4 is 10.6 Å². The van der Waals surface area contributed by atoms with Gasteiger partial charge in [0.25, 0.3) is 5.91 Å². The normalized spacial score (nSPS) is 17.4. The highest BCUT2D eigenvalue weighted by molar-refractivity contribution is 7.17. The Kier molecular flexibility index (Phi) is 4.71. The van der Waals surface area contributed by atoms with Gasteiger partial charge in [-0.3, -0.25) is 4.79 Å². The summed E-state index contributed by atoms with van der Waals surface area (Å²) in [7, 11) is 0. The molecule has 1 aliphatic rings. The van der Waals surface area contributed by atoms with Gasteiger partial charge in [0.05, 0.1) is 18.4 Å². The van der Waals surface area contributed by atoms with Crippen LogP contribution in [0.5, 0.6) is 0 Å². The molecule has 140 valence electrons. The number of esters is 1. The average molecular weight is 376 g/mol. The Balaban J connectivity index is 2.08. The van der Waals surface area contributed by atoms with Crippen LogP contribution in [0.25, 0.3) is 0 Å². The summed E-state index contributed by atoms with van der Waals surface area (Å²) in [6.07, 6.45) is 2.11. The van der Waals surface area contributed by atoms with E-state index in [0.717, 1.165) is 10.4 Å². The second-order valence-corrected chi connectivity index (χ2v) is 8.60. The van der Waals surface area contributed by atoms with Crippen LogP contribution >= 0.6 is 11.3 Å². The number of hydrogen-bond donors (Lipinski definition) is 2. The lowest BCUT2D eigenvalue weighted by Crippen LogP contribution is -2.55. The number of carbonyl (C=O) groups excluding carboxylic acids is 2. The summed E-state index contributed by atoms with van der Waals surface area (Å²) in [5, 5.41) is 6.94. The molecule has 7 heteroatoms. The van der Waals surface area contributed by atoms with Crippen molar-refractivity contribution >= 4 is 28.2 Å². The van der Waals surface area contributed by atoms with Gasteiger partial charge in [-0.15, -0.1) is 11.3 Å². The lowest BCUT2D eigenvalue weighted by atomic mass is 9.81. The zero-order chi connectivity index (χ0) is 19.1. The fraction of sp³-hybridized carbons (Fsp3) is 0.474. The summed E-state index contributed by atoms with van der Waals surface area (Å²) in [6, 6.07) is 3.23.